The summed E-state index contributed by atoms with van der Waals surface area (Å²) in [4.78, 5) is 4.68. The third kappa shape index (κ3) is 1.87. The molecule has 2 nitrogen and oxygen atoms in total. The van der Waals surface area contributed by atoms with E-state index in [4.69, 9.17) is 0 Å². The third-order valence-electron chi connectivity index (χ3n) is 3.76. The summed E-state index contributed by atoms with van der Waals surface area (Å²) < 4.78 is 1.29. The van der Waals surface area contributed by atoms with Gasteiger partial charge in [0.15, 0.2) is 0 Å². The number of thiazole rings is 1. The molecule has 1 heterocycles. The maximum absolute atomic E-state index is 9.95. The van der Waals surface area contributed by atoms with Gasteiger partial charge in [0.05, 0.1) is 20.8 Å². The second-order valence-corrected chi connectivity index (χ2v) is 6.59. The molecule has 0 radical (unpaired) electrons. The normalized spacial score (nSPS) is 21.9. The van der Waals surface area contributed by atoms with E-state index >= 15 is 0 Å². The van der Waals surface area contributed by atoms with Gasteiger partial charge in [-0.15, -0.1) is 11.3 Å². The van der Waals surface area contributed by atoms with Crippen molar-refractivity contribution >= 4 is 21.6 Å². The van der Waals surface area contributed by atoms with Gasteiger partial charge in [-0.1, -0.05) is 6.07 Å². The Balaban J connectivity index is 1.70. The number of hydrogen-bond donors (Lipinski definition) is 1. The zero-order valence-electron chi connectivity index (χ0n) is 9.65. The summed E-state index contributed by atoms with van der Waals surface area (Å²) in [6, 6.07) is 6.45. The molecular formula is C14H15NOS. The summed E-state index contributed by atoms with van der Waals surface area (Å²) >= 11 is 1.84. The fraction of sp³-hybridized carbons (Fsp3) is 0.500. The van der Waals surface area contributed by atoms with Crippen molar-refractivity contribution in [3.8, 4) is 0 Å². The number of nitrogens with zero attached hydrogens (tertiary/aromatic N) is 1. The molecule has 17 heavy (non-hydrogen) atoms. The smallest absolute Gasteiger partial charge is 0.0969 e. The van der Waals surface area contributed by atoms with Crippen molar-refractivity contribution in [1.29, 1.82) is 0 Å². The summed E-state index contributed by atoms with van der Waals surface area (Å²) in [6.07, 6.45) is 5.35. The molecule has 88 valence electrons. The molecule has 0 bridgehead atoms. The fourth-order valence-corrected chi connectivity index (χ4v) is 3.50. The van der Waals surface area contributed by atoms with Crippen LogP contribution in [0.25, 0.3) is 10.2 Å². The summed E-state index contributed by atoms with van der Waals surface area (Å²) in [5.74, 6) is 0.739. The highest BCUT2D eigenvalue weighted by atomic mass is 32.1. The quantitative estimate of drug-likeness (QED) is 0.900. The van der Waals surface area contributed by atoms with E-state index < -0.39 is 5.60 Å². The molecule has 4 rings (SSSR count). The van der Waals surface area contributed by atoms with Crippen molar-refractivity contribution in [2.75, 3.05) is 0 Å². The molecule has 2 aliphatic rings. The van der Waals surface area contributed by atoms with Gasteiger partial charge in [-0.2, -0.15) is 0 Å². The standard InChI is InChI=1S/C14H15NOS/c16-14(5-6-14)8-9-1-4-11-12(7-9)17-13(15-11)10-2-3-10/h1,4,7,10,16H,2-3,5-6,8H2. The fourth-order valence-electron chi connectivity index (χ4n) is 2.30. The Morgan fingerprint density at radius 1 is 1.35 bits per heavy atom. The van der Waals surface area contributed by atoms with Gasteiger partial charge in [0.1, 0.15) is 0 Å². The van der Waals surface area contributed by atoms with E-state index in [1.54, 1.807) is 0 Å². The van der Waals surface area contributed by atoms with Crippen LogP contribution < -0.4 is 0 Å². The first kappa shape index (κ1) is 10.0. The largest absolute Gasteiger partial charge is 0.390 e. The monoisotopic (exact) mass is 245 g/mol. The maximum Gasteiger partial charge on any atom is 0.0969 e. The van der Waals surface area contributed by atoms with Gasteiger partial charge >= 0.3 is 0 Å². The zero-order chi connectivity index (χ0) is 11.5. The highest BCUT2D eigenvalue weighted by molar-refractivity contribution is 7.18. The number of benzene rings is 1. The molecule has 0 unspecified atom stereocenters. The molecule has 3 heteroatoms. The molecule has 1 N–H and O–H groups in total. The van der Waals surface area contributed by atoms with Crippen molar-refractivity contribution < 1.29 is 5.11 Å². The Bertz CT molecular complexity index is 581. The number of fused-ring (bicyclic) bond motifs is 1. The van der Waals surface area contributed by atoms with Crippen LogP contribution in [0.3, 0.4) is 0 Å². The highest BCUT2D eigenvalue weighted by Gasteiger charge is 2.40. The van der Waals surface area contributed by atoms with Gasteiger partial charge in [-0.05, 0) is 43.4 Å². The molecule has 2 aliphatic carbocycles. The molecule has 0 spiro atoms. The number of rotatable bonds is 3. The molecule has 1 aromatic carbocycles. The third-order valence-corrected chi connectivity index (χ3v) is 4.94. The molecule has 2 aromatic rings. The molecule has 0 atom stereocenters. The van der Waals surface area contributed by atoms with E-state index in [1.807, 2.05) is 11.3 Å². The number of aliphatic hydroxyl groups is 1. The van der Waals surface area contributed by atoms with Crippen LogP contribution in [0.5, 0.6) is 0 Å². The average molecular weight is 245 g/mol. The summed E-state index contributed by atoms with van der Waals surface area (Å²) in [5, 5.41) is 11.3. The first-order valence-corrected chi connectivity index (χ1v) is 7.15. The lowest BCUT2D eigenvalue weighted by atomic mass is 10.1. The SMILES string of the molecule is OC1(Cc2ccc3nc(C4CC4)sc3c2)CC1. The molecule has 1 aromatic heterocycles. The topological polar surface area (TPSA) is 33.1 Å². The Hall–Kier alpha value is -0.930. The molecule has 0 saturated heterocycles. The van der Waals surface area contributed by atoms with Gasteiger partial charge in [0.2, 0.25) is 0 Å². The second kappa shape index (κ2) is 3.30. The van der Waals surface area contributed by atoms with Crippen LogP contribution in [0, 0.1) is 0 Å². The van der Waals surface area contributed by atoms with Crippen LogP contribution in [0.1, 0.15) is 42.2 Å². The average Bonchev–Trinajstić information content (AvgIpc) is 3.21. The minimum atomic E-state index is -0.391. The van der Waals surface area contributed by atoms with Crippen LogP contribution in [-0.4, -0.2) is 15.7 Å². The van der Waals surface area contributed by atoms with Crippen LogP contribution in [0.2, 0.25) is 0 Å². The van der Waals surface area contributed by atoms with Crippen molar-refractivity contribution in [3.63, 3.8) is 0 Å². The van der Waals surface area contributed by atoms with Crippen molar-refractivity contribution in [3.05, 3.63) is 28.8 Å². The number of hydrogen-bond acceptors (Lipinski definition) is 3. The Labute approximate surface area is 104 Å². The van der Waals surface area contributed by atoms with Gasteiger partial charge in [-0.25, -0.2) is 4.98 Å². The minimum Gasteiger partial charge on any atom is -0.390 e. The summed E-state index contributed by atoms with van der Waals surface area (Å²) in [7, 11) is 0. The van der Waals surface area contributed by atoms with E-state index in [9.17, 15) is 5.11 Å². The van der Waals surface area contributed by atoms with Gasteiger partial charge < -0.3 is 5.11 Å². The lowest BCUT2D eigenvalue weighted by Crippen LogP contribution is -2.10. The van der Waals surface area contributed by atoms with Crippen LogP contribution in [-0.2, 0) is 6.42 Å². The van der Waals surface area contributed by atoms with Gasteiger partial charge in [0.25, 0.3) is 0 Å². The first-order chi connectivity index (χ1) is 8.22. The maximum atomic E-state index is 9.95. The lowest BCUT2D eigenvalue weighted by molar-refractivity contribution is 0.151. The van der Waals surface area contributed by atoms with Gasteiger partial charge in [-0.3, -0.25) is 0 Å². The highest BCUT2D eigenvalue weighted by Crippen LogP contribution is 2.44. The molecular weight excluding hydrogens is 230 g/mol. The zero-order valence-corrected chi connectivity index (χ0v) is 10.5. The number of aromatic nitrogens is 1. The van der Waals surface area contributed by atoms with E-state index in [0.717, 1.165) is 30.7 Å². The molecule has 2 fully saturated rings. The molecule has 0 amide bonds. The van der Waals surface area contributed by atoms with Crippen LogP contribution >= 0.6 is 11.3 Å². The van der Waals surface area contributed by atoms with Crippen LogP contribution in [0.15, 0.2) is 18.2 Å². The molecule has 2 saturated carbocycles. The Morgan fingerprint density at radius 3 is 2.88 bits per heavy atom. The van der Waals surface area contributed by atoms with Crippen LogP contribution in [0.4, 0.5) is 0 Å². The van der Waals surface area contributed by atoms with E-state index in [1.165, 1.54) is 28.1 Å². The van der Waals surface area contributed by atoms with E-state index in [-0.39, 0.29) is 0 Å². The minimum absolute atomic E-state index is 0.391. The predicted octanol–water partition coefficient (Wildman–Crippen LogP) is 3.24. The Morgan fingerprint density at radius 2 is 2.18 bits per heavy atom. The summed E-state index contributed by atoms with van der Waals surface area (Å²) in [6.45, 7) is 0. The van der Waals surface area contributed by atoms with Gasteiger partial charge in [0, 0.05) is 12.3 Å². The summed E-state index contributed by atoms with van der Waals surface area (Å²) in [5.41, 5.74) is 1.99. The predicted molar refractivity (Wildman–Crippen MR) is 69.5 cm³/mol. The first-order valence-electron chi connectivity index (χ1n) is 6.34. The van der Waals surface area contributed by atoms with Crippen molar-refractivity contribution in [1.82, 2.24) is 4.98 Å². The molecule has 0 aliphatic heterocycles. The van der Waals surface area contributed by atoms with Crippen molar-refractivity contribution in [2.24, 2.45) is 0 Å². The lowest BCUT2D eigenvalue weighted by Gasteiger charge is -2.06. The van der Waals surface area contributed by atoms with E-state index in [2.05, 4.69) is 23.2 Å². The Kier molecular flexibility index (Phi) is 1.95. The van der Waals surface area contributed by atoms with Crippen molar-refractivity contribution in [2.45, 2.75) is 43.6 Å². The second-order valence-electron chi connectivity index (χ2n) is 5.53. The van der Waals surface area contributed by atoms with E-state index in [0.29, 0.717) is 0 Å².